The van der Waals surface area contributed by atoms with Gasteiger partial charge in [-0.2, -0.15) is 0 Å². The zero-order chi connectivity index (χ0) is 50.7. The summed E-state index contributed by atoms with van der Waals surface area (Å²) in [6.07, 6.45) is 4.34. The van der Waals surface area contributed by atoms with E-state index in [1.165, 1.54) is 29.6 Å². The van der Waals surface area contributed by atoms with Crippen molar-refractivity contribution in [3.8, 4) is 5.75 Å². The van der Waals surface area contributed by atoms with E-state index in [0.29, 0.717) is 30.5 Å². The molecule has 23 nitrogen and oxygen atoms in total. The van der Waals surface area contributed by atoms with Crippen LogP contribution in [0.2, 0.25) is 0 Å². The van der Waals surface area contributed by atoms with Crippen molar-refractivity contribution in [1.29, 1.82) is 0 Å². The van der Waals surface area contributed by atoms with Crippen molar-refractivity contribution in [1.82, 2.24) is 52.1 Å². The first-order valence-corrected chi connectivity index (χ1v) is 23.0. The number of amides is 7. The van der Waals surface area contributed by atoms with E-state index in [1.807, 2.05) is 0 Å². The van der Waals surface area contributed by atoms with E-state index in [4.69, 9.17) is 11.5 Å². The molecule has 1 aromatic carbocycles. The van der Waals surface area contributed by atoms with Crippen LogP contribution in [0.4, 0.5) is 0 Å². The standard InChI is InChI=1S/C45H71N13O10/c1-8-26(6)37(44(67)68)57-40(63)33-12-10-18-58(33)43(66)32(20-28-21-49-23-51-28)54-42(65)36(25(4)5)56-39(62)31(19-27-13-15-29(59)16-14-27)53-41(64)35(24(2)3)55-38(61)30(52-34(60)22-48-7)11-9-17-50-45(46)47/h13-16,21,23-26,30-33,35-37,48,59H,8-12,17-20,22H2,1-7H3,(H,49,51)(H,52,60)(H,53,64)(H,54,65)(H,55,61)(H,56,62)(H,57,63)(H,67,68)(H4,46,47,50)/t26-,30-,31+,32-,33-,35-,36+,37-/m0/s1. The largest absolute Gasteiger partial charge is 0.508 e. The van der Waals surface area contributed by atoms with Gasteiger partial charge in [-0.1, -0.05) is 60.1 Å². The van der Waals surface area contributed by atoms with Crippen molar-refractivity contribution in [3.05, 3.63) is 48.0 Å². The van der Waals surface area contributed by atoms with Crippen molar-refractivity contribution in [2.45, 2.75) is 129 Å². The highest BCUT2D eigenvalue weighted by molar-refractivity contribution is 5.98. The quantitative estimate of drug-likeness (QED) is 0.0276. The molecule has 2 aromatic rings. The van der Waals surface area contributed by atoms with E-state index in [1.54, 1.807) is 60.7 Å². The van der Waals surface area contributed by atoms with Gasteiger partial charge in [0, 0.05) is 37.8 Å². The molecule has 14 N–H and O–H groups in total. The Bertz CT molecular complexity index is 2040. The fraction of sp³-hybridized carbons (Fsp3) is 0.600. The third-order valence-electron chi connectivity index (χ3n) is 11.6. The van der Waals surface area contributed by atoms with Gasteiger partial charge in [-0.05, 0) is 68.2 Å². The number of nitrogens with zero attached hydrogens (tertiary/aromatic N) is 3. The molecule has 0 aliphatic carbocycles. The van der Waals surface area contributed by atoms with E-state index in [0.717, 1.165) is 0 Å². The number of carbonyl (C=O) groups is 8. The number of aromatic amines is 1. The number of hydrogen-bond donors (Lipinski definition) is 12. The molecular weight excluding hydrogens is 883 g/mol. The fourth-order valence-corrected chi connectivity index (χ4v) is 7.61. The summed E-state index contributed by atoms with van der Waals surface area (Å²) in [5.74, 6) is -7.50. The number of phenols is 1. The van der Waals surface area contributed by atoms with E-state index in [-0.39, 0.29) is 62.9 Å². The van der Waals surface area contributed by atoms with E-state index >= 15 is 0 Å². The SMILES string of the molecule is CC[C@H](C)[C@H](NC(=O)[C@@H]1CCCN1C(=O)[C@H](Cc1cnc[nH]1)NC(=O)[C@H](NC(=O)[C@@H](Cc1ccc(O)cc1)NC(=O)[C@@H](NC(=O)[C@H](CCCN=C(N)N)NC(=O)CNC)C(C)C)C(C)C)C(=O)O. The number of carboxylic acids is 1. The van der Waals surface area contributed by atoms with Gasteiger partial charge in [-0.25, -0.2) is 9.78 Å². The number of aliphatic carboxylic acids is 1. The number of rotatable bonds is 27. The lowest BCUT2D eigenvalue weighted by atomic mass is 9.98. The van der Waals surface area contributed by atoms with Crippen molar-refractivity contribution in [3.63, 3.8) is 0 Å². The van der Waals surface area contributed by atoms with Crippen LogP contribution < -0.4 is 48.7 Å². The maximum atomic E-state index is 14.4. The fourth-order valence-electron chi connectivity index (χ4n) is 7.61. The van der Waals surface area contributed by atoms with Crippen molar-refractivity contribution < 1.29 is 48.6 Å². The average molecular weight is 954 g/mol. The molecule has 23 heteroatoms. The Morgan fingerprint density at radius 2 is 1.41 bits per heavy atom. The van der Waals surface area contributed by atoms with Crippen LogP contribution in [0, 0.1) is 17.8 Å². The van der Waals surface area contributed by atoms with E-state index < -0.39 is 101 Å². The van der Waals surface area contributed by atoms with Crippen LogP contribution in [0.25, 0.3) is 0 Å². The summed E-state index contributed by atoms with van der Waals surface area (Å²) in [5, 5.41) is 38.7. The van der Waals surface area contributed by atoms with Crippen molar-refractivity contribution in [2.75, 3.05) is 26.7 Å². The van der Waals surface area contributed by atoms with Gasteiger partial charge in [0.2, 0.25) is 41.4 Å². The van der Waals surface area contributed by atoms with Crippen LogP contribution in [-0.2, 0) is 51.2 Å². The van der Waals surface area contributed by atoms with E-state index in [9.17, 15) is 48.6 Å². The number of carboxylic acid groups (broad SMARTS) is 1. The third kappa shape index (κ3) is 17.1. The highest BCUT2D eigenvalue weighted by Gasteiger charge is 2.41. The number of likely N-dealkylation sites (N-methyl/N-ethyl adjacent to an activating group) is 1. The van der Waals surface area contributed by atoms with Gasteiger partial charge in [0.05, 0.1) is 12.9 Å². The molecular formula is C45H71N13O10. The van der Waals surface area contributed by atoms with Gasteiger partial charge in [0.1, 0.15) is 48.0 Å². The van der Waals surface area contributed by atoms with Crippen LogP contribution >= 0.6 is 0 Å². The topological polar surface area (TPSA) is 358 Å². The van der Waals surface area contributed by atoms with Crippen LogP contribution in [0.15, 0.2) is 41.8 Å². The molecule has 68 heavy (non-hydrogen) atoms. The number of nitrogens with two attached hydrogens (primary N) is 2. The second kappa shape index (κ2) is 27.1. The Morgan fingerprint density at radius 1 is 0.809 bits per heavy atom. The lowest BCUT2D eigenvalue weighted by molar-refractivity contribution is -0.146. The first-order valence-electron chi connectivity index (χ1n) is 23.0. The van der Waals surface area contributed by atoms with Gasteiger partial charge in [-0.15, -0.1) is 0 Å². The number of aliphatic imine (C=N–C) groups is 1. The molecule has 1 aliphatic heterocycles. The smallest absolute Gasteiger partial charge is 0.326 e. The molecule has 0 radical (unpaired) electrons. The second-order valence-corrected chi connectivity index (χ2v) is 17.7. The first-order chi connectivity index (χ1) is 32.2. The van der Waals surface area contributed by atoms with Crippen LogP contribution in [0.1, 0.15) is 84.9 Å². The highest BCUT2D eigenvalue weighted by Crippen LogP contribution is 2.21. The Hall–Kier alpha value is -6.78. The molecule has 1 aliphatic rings. The zero-order valence-electron chi connectivity index (χ0n) is 40.0. The van der Waals surface area contributed by atoms with Gasteiger partial charge in [-0.3, -0.25) is 38.6 Å². The Labute approximate surface area is 396 Å². The lowest BCUT2D eigenvalue weighted by Gasteiger charge is -2.32. The third-order valence-corrected chi connectivity index (χ3v) is 11.6. The van der Waals surface area contributed by atoms with Crippen LogP contribution in [0.3, 0.4) is 0 Å². The minimum atomic E-state index is -1.35. The van der Waals surface area contributed by atoms with Gasteiger partial charge >= 0.3 is 5.97 Å². The molecule has 8 atom stereocenters. The Morgan fingerprint density at radius 3 is 1.94 bits per heavy atom. The number of H-pyrrole nitrogens is 1. The molecule has 0 bridgehead atoms. The zero-order valence-corrected chi connectivity index (χ0v) is 40.0. The predicted octanol–water partition coefficient (Wildman–Crippen LogP) is -1.48. The molecule has 7 amide bonds. The number of carbonyl (C=O) groups excluding carboxylic acids is 7. The number of hydrogen-bond acceptors (Lipinski definition) is 12. The molecule has 1 aromatic heterocycles. The number of guanidine groups is 1. The van der Waals surface area contributed by atoms with Crippen molar-refractivity contribution >= 4 is 53.3 Å². The van der Waals surface area contributed by atoms with Gasteiger partial charge < -0.3 is 68.8 Å². The van der Waals surface area contributed by atoms with Crippen LogP contribution in [-0.4, -0.2) is 147 Å². The molecule has 1 saturated heterocycles. The Kier molecular flexibility index (Phi) is 22.2. The maximum absolute atomic E-state index is 14.4. The summed E-state index contributed by atoms with van der Waals surface area (Å²) in [5.41, 5.74) is 11.9. The van der Waals surface area contributed by atoms with Gasteiger partial charge in [0.15, 0.2) is 5.96 Å². The number of aromatic hydroxyl groups is 1. The normalized spacial score (nSPS) is 16.5. The molecule has 2 heterocycles. The summed E-state index contributed by atoms with van der Waals surface area (Å²) in [7, 11) is 1.57. The number of nitrogens with one attached hydrogen (secondary N) is 8. The van der Waals surface area contributed by atoms with E-state index in [2.05, 4.69) is 52.2 Å². The summed E-state index contributed by atoms with van der Waals surface area (Å²) in [6.45, 7) is 10.5. The lowest BCUT2D eigenvalue weighted by Crippen LogP contribution is -2.62. The van der Waals surface area contributed by atoms with Crippen LogP contribution in [0.5, 0.6) is 5.75 Å². The Balaban J connectivity index is 1.90. The average Bonchev–Trinajstić information content (AvgIpc) is 4.00. The number of aromatic nitrogens is 2. The highest BCUT2D eigenvalue weighted by atomic mass is 16.4. The molecule has 1 fully saturated rings. The molecule has 376 valence electrons. The second-order valence-electron chi connectivity index (χ2n) is 17.7. The maximum Gasteiger partial charge on any atom is 0.326 e. The molecule has 3 rings (SSSR count). The number of phenolic OH excluding ortho intramolecular Hbond substituents is 1. The minimum Gasteiger partial charge on any atom is -0.508 e. The summed E-state index contributed by atoms with van der Waals surface area (Å²) in [6, 6.07) is -2.41. The summed E-state index contributed by atoms with van der Waals surface area (Å²) < 4.78 is 0. The molecule has 0 saturated carbocycles. The number of imidazole rings is 1. The van der Waals surface area contributed by atoms with Gasteiger partial charge in [0.25, 0.3) is 0 Å². The minimum absolute atomic E-state index is 0.0387. The predicted molar refractivity (Wildman–Crippen MR) is 251 cm³/mol. The first kappa shape index (κ1) is 55.5. The number of likely N-dealkylation sites (tertiary alicyclic amines) is 1. The molecule has 0 spiro atoms. The molecule has 0 unspecified atom stereocenters. The monoisotopic (exact) mass is 954 g/mol. The van der Waals surface area contributed by atoms with Crippen molar-refractivity contribution in [2.24, 2.45) is 34.2 Å². The summed E-state index contributed by atoms with van der Waals surface area (Å²) in [4.78, 5) is 121. The number of benzene rings is 1. The summed E-state index contributed by atoms with van der Waals surface area (Å²) >= 11 is 0.